The standard InChI is InChI=1S/C103H97BN4O/c1-97(2,3)62-43-52-91(73(53-62)70-29-19-22-32-78(70)102(16,17)18)108-92-60-68(106-87-48-39-63(98(4,5)6)54-74(87)75-55-64(99(7,8)9)40-49-88(75)106)45-47-84(92)104-83-46-44-67(105-85-35-25-20-30-71(85)72-31-21-26-36-86(72)105)58-81(83)103(79-33-23-27-37-94(79)109-95-38-28-24-34-80(95)103)82-59-69(61-93(108)96(82)104)107-89-50-41-65(100(10,11)12)56-76(89)77-57-66(101(13,14)15)42-51-90(77)107/h19-61H,1-18H3/i20D,21D,25D,26D,30D,31D,35D,36D. The van der Waals surface area contributed by atoms with Crippen LogP contribution in [0.5, 0.6) is 11.5 Å². The van der Waals surface area contributed by atoms with Crippen LogP contribution >= 0.6 is 0 Å². The van der Waals surface area contributed by atoms with Gasteiger partial charge in [0.1, 0.15) is 11.5 Å². The van der Waals surface area contributed by atoms with Gasteiger partial charge in [0, 0.05) is 77.4 Å². The quantitative estimate of drug-likeness (QED) is 0.161. The van der Waals surface area contributed by atoms with Gasteiger partial charge in [-0.3, -0.25) is 0 Å². The highest BCUT2D eigenvalue weighted by Gasteiger charge is 2.55. The summed E-state index contributed by atoms with van der Waals surface area (Å²) in [6.45, 7) is 40.8. The van der Waals surface area contributed by atoms with Crippen molar-refractivity contribution in [1.29, 1.82) is 0 Å². The van der Waals surface area contributed by atoms with Crippen LogP contribution < -0.4 is 26.0 Å². The fourth-order valence-corrected chi connectivity index (χ4v) is 18.4. The van der Waals surface area contributed by atoms with Crippen LogP contribution in [0.25, 0.3) is 93.6 Å². The highest BCUT2D eigenvalue weighted by atomic mass is 16.5. The number of rotatable bonds is 5. The maximum atomic E-state index is 9.95. The fourth-order valence-electron chi connectivity index (χ4n) is 18.4. The first-order valence-corrected chi connectivity index (χ1v) is 38.8. The van der Waals surface area contributed by atoms with E-state index in [4.69, 9.17) is 7.48 Å². The van der Waals surface area contributed by atoms with Crippen molar-refractivity contribution in [3.05, 3.63) is 316 Å². The molecule has 0 bridgehead atoms. The Morgan fingerprint density at radius 1 is 0.303 bits per heavy atom. The Morgan fingerprint density at radius 3 is 1.20 bits per heavy atom. The van der Waals surface area contributed by atoms with Crippen LogP contribution in [-0.4, -0.2) is 20.4 Å². The lowest BCUT2D eigenvalue weighted by Gasteiger charge is -2.50. The molecule has 0 amide bonds. The second-order valence-electron chi connectivity index (χ2n) is 37.2. The van der Waals surface area contributed by atoms with Gasteiger partial charge in [0.15, 0.2) is 0 Å². The zero-order chi connectivity index (χ0) is 82.7. The Kier molecular flexibility index (Phi) is 12.9. The summed E-state index contributed by atoms with van der Waals surface area (Å²) in [5.74, 6) is 1.30. The van der Waals surface area contributed by atoms with Crippen molar-refractivity contribution in [2.75, 3.05) is 4.90 Å². The monoisotopic (exact) mass is 1420 g/mol. The molecule has 0 N–H and O–H groups in total. The van der Waals surface area contributed by atoms with Gasteiger partial charge < -0.3 is 23.3 Å². The van der Waals surface area contributed by atoms with E-state index in [1.807, 2.05) is 18.2 Å². The SMILES string of the molecule is [2H]c1c([2H])c([2H])c2c(c1[2H])c1c([2H])c([2H])c([2H])c([2H])c1n2-c1ccc2c(c1)C1(c3ccccc3Oc3ccccc31)c1cc(-n3c4ccc(C(C)(C)C)cc4c4cc(C(C)(C)C)ccc43)cc3c1B2c1ccc(-n2c4ccc(C(C)(C)C)cc4c4cc(C(C)(C)C)ccc42)cc1N3c1ccc(C(C)(C)C)cc1-c1ccccc1C(C)(C)C. The van der Waals surface area contributed by atoms with Crippen LogP contribution in [0.1, 0.15) is 191 Å². The third-order valence-electron chi connectivity index (χ3n) is 24.1. The fraction of sp³-hybridized carbons (Fsp3) is 0.243. The van der Waals surface area contributed by atoms with Crippen LogP contribution in [0.2, 0.25) is 0 Å². The molecule has 0 saturated carbocycles. The molecule has 1 spiro atoms. The summed E-state index contributed by atoms with van der Waals surface area (Å²) >= 11 is 0. The van der Waals surface area contributed by atoms with E-state index >= 15 is 0 Å². The second kappa shape index (κ2) is 23.5. The van der Waals surface area contributed by atoms with Crippen molar-refractivity contribution in [3.8, 4) is 39.7 Å². The van der Waals surface area contributed by atoms with Gasteiger partial charge in [-0.25, -0.2) is 0 Å². The minimum atomic E-state index is -1.30. The van der Waals surface area contributed by atoms with E-state index in [-0.39, 0.29) is 66.4 Å². The first kappa shape index (κ1) is 59.9. The minimum absolute atomic E-state index is 0.0110. The number of benzene rings is 13. The van der Waals surface area contributed by atoms with Gasteiger partial charge in [-0.2, -0.15) is 0 Å². The first-order valence-electron chi connectivity index (χ1n) is 42.8. The van der Waals surface area contributed by atoms with Gasteiger partial charge in [-0.05, 0) is 215 Å². The summed E-state index contributed by atoms with van der Waals surface area (Å²) < 4.78 is 90.2. The molecule has 3 aliphatic rings. The number of para-hydroxylation sites is 4. The van der Waals surface area contributed by atoms with Crippen LogP contribution in [0, 0.1) is 0 Å². The van der Waals surface area contributed by atoms with Crippen LogP contribution in [0.3, 0.4) is 0 Å². The van der Waals surface area contributed by atoms with E-state index in [0.29, 0.717) is 17.2 Å². The van der Waals surface area contributed by atoms with Gasteiger partial charge in [0.05, 0.1) is 55.2 Å². The number of aromatic nitrogens is 3. The summed E-state index contributed by atoms with van der Waals surface area (Å²) in [6, 6.07) is 76.2. The lowest BCUT2D eigenvalue weighted by atomic mass is 9.29. The molecule has 13 aromatic carbocycles. The molecule has 6 heteroatoms. The number of hydrogen-bond donors (Lipinski definition) is 0. The molecule has 0 unspecified atom stereocenters. The summed E-state index contributed by atoms with van der Waals surface area (Å²) in [6.07, 6.45) is 0. The van der Waals surface area contributed by atoms with Gasteiger partial charge in [-0.15, -0.1) is 0 Å². The molecule has 5 nitrogen and oxygen atoms in total. The van der Waals surface area contributed by atoms with Crippen molar-refractivity contribution in [1.82, 2.24) is 13.7 Å². The number of anilines is 3. The summed E-state index contributed by atoms with van der Waals surface area (Å²) in [5.41, 5.74) is 23.4. The Hall–Kier alpha value is -11.1. The Bertz CT molecular complexity index is 6790. The molecule has 0 fully saturated rings. The van der Waals surface area contributed by atoms with Crippen molar-refractivity contribution < 1.29 is 15.7 Å². The van der Waals surface area contributed by atoms with E-state index in [0.717, 1.165) is 111 Å². The zero-order valence-electron chi connectivity index (χ0n) is 74.0. The van der Waals surface area contributed by atoms with Crippen molar-refractivity contribution >= 4 is 106 Å². The largest absolute Gasteiger partial charge is 0.457 e. The average molecular weight is 1430 g/mol. The van der Waals surface area contributed by atoms with Gasteiger partial charge in [-0.1, -0.05) is 269 Å². The van der Waals surface area contributed by atoms with Gasteiger partial charge in [0.2, 0.25) is 6.71 Å². The molecule has 0 radical (unpaired) electrons. The van der Waals surface area contributed by atoms with Crippen LogP contribution in [0.15, 0.2) is 261 Å². The summed E-state index contributed by atoms with van der Waals surface area (Å²) in [5, 5.41) is 4.67. The maximum absolute atomic E-state index is 9.95. The Labute approximate surface area is 654 Å². The normalized spacial score (nSPS) is 15.3. The third-order valence-corrected chi connectivity index (χ3v) is 24.1. The molecule has 538 valence electrons. The summed E-state index contributed by atoms with van der Waals surface area (Å²) in [4.78, 5) is 2.62. The van der Waals surface area contributed by atoms with Crippen LogP contribution in [0.4, 0.5) is 17.1 Å². The summed E-state index contributed by atoms with van der Waals surface area (Å²) in [7, 11) is 0. The van der Waals surface area contributed by atoms with E-state index in [1.165, 1.54) is 44.2 Å². The Morgan fingerprint density at radius 2 is 0.706 bits per heavy atom. The molecular weight excluding hydrogens is 1320 g/mol. The molecular formula is C103H97BN4O. The molecule has 3 aliphatic heterocycles. The van der Waals surface area contributed by atoms with Crippen LogP contribution in [-0.2, 0) is 37.9 Å². The van der Waals surface area contributed by atoms with E-state index in [2.05, 4.69) is 333 Å². The predicted molar refractivity (Wildman–Crippen MR) is 465 cm³/mol. The lowest BCUT2D eigenvalue weighted by molar-refractivity contribution is 0.435. The zero-order valence-corrected chi connectivity index (χ0v) is 66.0. The topological polar surface area (TPSA) is 27.3 Å². The predicted octanol–water partition coefficient (Wildman–Crippen LogP) is 25.5. The smallest absolute Gasteiger partial charge is 0.247 e. The van der Waals surface area contributed by atoms with E-state index in [1.54, 1.807) is 4.57 Å². The van der Waals surface area contributed by atoms with Crippen molar-refractivity contribution in [3.63, 3.8) is 0 Å². The van der Waals surface area contributed by atoms with Gasteiger partial charge >= 0.3 is 0 Å². The third kappa shape index (κ3) is 10.3. The first-order chi connectivity index (χ1) is 55.2. The molecule has 109 heavy (non-hydrogen) atoms. The molecule has 16 aromatic rings. The molecule has 0 atom stereocenters. The maximum Gasteiger partial charge on any atom is 0.247 e. The molecule has 0 aliphatic carbocycles. The van der Waals surface area contributed by atoms with E-state index in [9.17, 15) is 8.22 Å². The average Bonchev–Trinajstić information content (AvgIpc) is 0.696. The highest BCUT2D eigenvalue weighted by Crippen LogP contribution is 2.59. The molecule has 0 saturated heterocycles. The minimum Gasteiger partial charge on any atom is -0.457 e. The molecule has 3 aromatic heterocycles. The lowest BCUT2D eigenvalue weighted by Crippen LogP contribution is -2.65. The Balaban J connectivity index is 1.04. The van der Waals surface area contributed by atoms with Gasteiger partial charge in [0.25, 0.3) is 0 Å². The van der Waals surface area contributed by atoms with Crippen molar-refractivity contribution in [2.45, 2.75) is 163 Å². The van der Waals surface area contributed by atoms with E-state index < -0.39 is 48.4 Å². The number of hydrogen-bond acceptors (Lipinski definition) is 2. The number of ether oxygens (including phenoxy) is 1. The molecule has 19 rings (SSSR count). The second-order valence-corrected chi connectivity index (χ2v) is 37.2. The highest BCUT2D eigenvalue weighted by molar-refractivity contribution is 6.99. The number of nitrogens with zero attached hydrogens (tertiary/aromatic N) is 4. The molecule has 6 heterocycles. The van der Waals surface area contributed by atoms with Crippen molar-refractivity contribution in [2.24, 2.45) is 0 Å². The number of fused-ring (bicyclic) bond motifs is 19.